The lowest BCUT2D eigenvalue weighted by atomic mass is 9.76. The van der Waals surface area contributed by atoms with Crippen molar-refractivity contribution in [3.8, 4) is 0 Å². The molecule has 0 amide bonds. The van der Waals surface area contributed by atoms with Gasteiger partial charge in [0.2, 0.25) is 0 Å². The maximum Gasteiger partial charge on any atom is 0.122 e. The molecule has 1 fully saturated rings. The molecule has 0 bridgehead atoms. The largest absolute Gasteiger partial charge is 0.333 e. The van der Waals surface area contributed by atoms with Crippen molar-refractivity contribution in [3.63, 3.8) is 0 Å². The summed E-state index contributed by atoms with van der Waals surface area (Å²) in [5.74, 6) is 3.00. The minimum absolute atomic E-state index is 0.708. The summed E-state index contributed by atoms with van der Waals surface area (Å²) in [5.41, 5.74) is 0. The molecule has 1 N–H and O–H groups in total. The van der Waals surface area contributed by atoms with Crippen LogP contribution in [0.3, 0.4) is 0 Å². The van der Waals surface area contributed by atoms with Gasteiger partial charge in [-0.15, -0.1) is 0 Å². The zero-order valence-corrected chi connectivity index (χ0v) is 13.6. The molecule has 3 rings (SSSR count). The van der Waals surface area contributed by atoms with E-state index in [2.05, 4.69) is 39.9 Å². The predicted molar refractivity (Wildman–Crippen MR) is 86.1 cm³/mol. The van der Waals surface area contributed by atoms with Gasteiger partial charge >= 0.3 is 0 Å². The van der Waals surface area contributed by atoms with Crippen molar-refractivity contribution in [2.45, 2.75) is 58.2 Å². The van der Waals surface area contributed by atoms with Crippen LogP contribution < -0.4 is 5.32 Å². The quantitative estimate of drug-likeness (QED) is 0.904. The van der Waals surface area contributed by atoms with Gasteiger partial charge in [-0.2, -0.15) is 0 Å². The predicted octanol–water partition coefficient (Wildman–Crippen LogP) is 2.50. The minimum atomic E-state index is 0.708. The summed E-state index contributed by atoms with van der Waals surface area (Å²) in [6.07, 6.45) is 11.0. The van der Waals surface area contributed by atoms with E-state index < -0.39 is 0 Å². The molecule has 118 valence electrons. The molecule has 3 unspecified atom stereocenters. The molecule has 0 spiro atoms. The molecule has 4 heteroatoms. The Labute approximate surface area is 128 Å². The van der Waals surface area contributed by atoms with Gasteiger partial charge in [0.05, 0.1) is 6.54 Å². The van der Waals surface area contributed by atoms with Gasteiger partial charge in [0.15, 0.2) is 0 Å². The third kappa shape index (κ3) is 3.49. The van der Waals surface area contributed by atoms with Crippen molar-refractivity contribution in [1.29, 1.82) is 0 Å². The lowest BCUT2D eigenvalue weighted by molar-refractivity contribution is 0.120. The Kier molecular flexibility index (Phi) is 4.96. The second kappa shape index (κ2) is 6.93. The third-order valence-electron chi connectivity index (χ3n) is 5.48. The summed E-state index contributed by atoms with van der Waals surface area (Å²) < 4.78 is 2.30. The van der Waals surface area contributed by atoms with Crippen LogP contribution in [0.4, 0.5) is 0 Å². The second-order valence-electron chi connectivity index (χ2n) is 6.89. The van der Waals surface area contributed by atoms with Gasteiger partial charge in [0, 0.05) is 38.1 Å². The summed E-state index contributed by atoms with van der Waals surface area (Å²) >= 11 is 0. The minimum Gasteiger partial charge on any atom is -0.333 e. The van der Waals surface area contributed by atoms with E-state index in [-0.39, 0.29) is 0 Å². The number of hydrogen-bond acceptors (Lipinski definition) is 3. The number of imidazole rings is 1. The summed E-state index contributed by atoms with van der Waals surface area (Å²) in [6, 6.07) is 0.708. The topological polar surface area (TPSA) is 33.1 Å². The third-order valence-corrected chi connectivity index (χ3v) is 5.48. The van der Waals surface area contributed by atoms with Gasteiger partial charge in [0.1, 0.15) is 5.82 Å². The summed E-state index contributed by atoms with van der Waals surface area (Å²) in [6.45, 7) is 6.86. The maximum atomic E-state index is 4.49. The molecule has 21 heavy (non-hydrogen) atoms. The van der Waals surface area contributed by atoms with Gasteiger partial charge in [-0.25, -0.2) is 4.98 Å². The Bertz CT molecular complexity index is 442. The van der Waals surface area contributed by atoms with Crippen LogP contribution in [0, 0.1) is 11.8 Å². The van der Waals surface area contributed by atoms with Crippen LogP contribution in [0.2, 0.25) is 0 Å². The standard InChI is InChI=1S/C17H30N4/c1-3-4-14-5-6-16(18-2)15(11-14)12-20-9-10-21-8-7-19-17(21)13-20/h7-8,14-16,18H,3-6,9-13H2,1-2H3. The van der Waals surface area contributed by atoms with Gasteiger partial charge in [0.25, 0.3) is 0 Å². The number of aromatic nitrogens is 2. The molecule has 1 aromatic heterocycles. The molecule has 2 aliphatic rings. The first kappa shape index (κ1) is 15.0. The number of nitrogens with zero attached hydrogens (tertiary/aromatic N) is 3. The Morgan fingerprint density at radius 3 is 3.05 bits per heavy atom. The highest BCUT2D eigenvalue weighted by molar-refractivity contribution is 4.96. The van der Waals surface area contributed by atoms with Crippen LogP contribution in [-0.2, 0) is 13.1 Å². The zero-order valence-electron chi connectivity index (χ0n) is 13.6. The van der Waals surface area contributed by atoms with Crippen LogP contribution >= 0.6 is 0 Å². The van der Waals surface area contributed by atoms with Crippen LogP contribution in [0.1, 0.15) is 44.9 Å². The molecule has 3 atom stereocenters. The number of nitrogens with one attached hydrogen (secondary N) is 1. The Morgan fingerprint density at radius 1 is 1.33 bits per heavy atom. The van der Waals surface area contributed by atoms with E-state index in [0.717, 1.165) is 24.9 Å². The SMILES string of the molecule is CCCC1CCC(NC)C(CN2CCn3ccnc3C2)C1. The maximum absolute atomic E-state index is 4.49. The van der Waals surface area contributed by atoms with Crippen LogP contribution in [0.5, 0.6) is 0 Å². The highest BCUT2D eigenvalue weighted by atomic mass is 15.2. The first-order valence-electron chi connectivity index (χ1n) is 8.69. The molecule has 0 saturated heterocycles. The fourth-order valence-corrected chi connectivity index (χ4v) is 4.32. The average molecular weight is 290 g/mol. The number of hydrogen-bond donors (Lipinski definition) is 1. The lowest BCUT2D eigenvalue weighted by Gasteiger charge is -2.40. The number of fused-ring (bicyclic) bond motifs is 1. The fraction of sp³-hybridized carbons (Fsp3) is 0.824. The molecule has 4 nitrogen and oxygen atoms in total. The molecule has 1 saturated carbocycles. The van der Waals surface area contributed by atoms with E-state index >= 15 is 0 Å². The van der Waals surface area contributed by atoms with Crippen molar-refractivity contribution in [3.05, 3.63) is 18.2 Å². The van der Waals surface area contributed by atoms with E-state index in [9.17, 15) is 0 Å². The highest BCUT2D eigenvalue weighted by Crippen LogP contribution is 2.33. The molecule has 2 heterocycles. The number of rotatable bonds is 5. The van der Waals surface area contributed by atoms with E-state index in [1.54, 1.807) is 0 Å². The summed E-state index contributed by atoms with van der Waals surface area (Å²) in [5, 5.41) is 3.57. The van der Waals surface area contributed by atoms with Crippen LogP contribution in [-0.4, -0.2) is 40.6 Å². The Morgan fingerprint density at radius 2 is 2.24 bits per heavy atom. The molecule has 1 aliphatic carbocycles. The van der Waals surface area contributed by atoms with Crippen LogP contribution in [0.15, 0.2) is 12.4 Å². The first-order valence-corrected chi connectivity index (χ1v) is 8.69. The van der Waals surface area contributed by atoms with E-state index in [1.807, 2.05) is 6.20 Å². The van der Waals surface area contributed by atoms with Crippen molar-refractivity contribution < 1.29 is 0 Å². The highest BCUT2D eigenvalue weighted by Gasteiger charge is 2.31. The summed E-state index contributed by atoms with van der Waals surface area (Å²) in [4.78, 5) is 7.11. The zero-order chi connectivity index (χ0) is 14.7. The van der Waals surface area contributed by atoms with Crippen LogP contribution in [0.25, 0.3) is 0 Å². The van der Waals surface area contributed by atoms with E-state index in [1.165, 1.54) is 51.0 Å². The normalized spacial score (nSPS) is 30.3. The van der Waals surface area contributed by atoms with Crippen molar-refractivity contribution in [2.75, 3.05) is 20.1 Å². The van der Waals surface area contributed by atoms with Gasteiger partial charge in [-0.05, 0) is 38.1 Å². The summed E-state index contributed by atoms with van der Waals surface area (Å²) in [7, 11) is 2.14. The molecular weight excluding hydrogens is 260 g/mol. The molecular formula is C17H30N4. The van der Waals surface area contributed by atoms with Gasteiger partial charge < -0.3 is 9.88 Å². The van der Waals surface area contributed by atoms with Gasteiger partial charge in [-0.3, -0.25) is 4.90 Å². The van der Waals surface area contributed by atoms with Crippen molar-refractivity contribution in [1.82, 2.24) is 19.8 Å². The molecule has 1 aliphatic heterocycles. The van der Waals surface area contributed by atoms with E-state index in [4.69, 9.17) is 0 Å². The fourth-order valence-electron chi connectivity index (χ4n) is 4.32. The molecule has 0 radical (unpaired) electrons. The lowest BCUT2D eigenvalue weighted by Crippen LogP contribution is -2.46. The monoisotopic (exact) mass is 290 g/mol. The Balaban J connectivity index is 1.59. The van der Waals surface area contributed by atoms with Crippen molar-refractivity contribution >= 4 is 0 Å². The average Bonchev–Trinajstić information content (AvgIpc) is 2.95. The van der Waals surface area contributed by atoms with E-state index in [0.29, 0.717) is 6.04 Å². The Hall–Kier alpha value is -0.870. The van der Waals surface area contributed by atoms with Crippen molar-refractivity contribution in [2.24, 2.45) is 11.8 Å². The van der Waals surface area contributed by atoms with Gasteiger partial charge in [-0.1, -0.05) is 19.8 Å². The molecule has 1 aromatic rings. The molecule has 0 aromatic carbocycles. The smallest absolute Gasteiger partial charge is 0.122 e. The first-order chi connectivity index (χ1) is 10.3. The second-order valence-corrected chi connectivity index (χ2v) is 6.89.